The van der Waals surface area contributed by atoms with E-state index in [-0.39, 0.29) is 17.6 Å². The molecule has 2 N–H and O–H groups in total. The largest absolute Gasteiger partial charge is 0.359 e. The SMILES string of the molecule is CC(Nc1ccc([N+](=O)[O-])cn1)C(=O)NC1CCCC1. The molecule has 1 aromatic heterocycles. The number of carbonyl (C=O) groups excluding carboxylic acids is 1. The molecule has 1 heterocycles. The predicted octanol–water partition coefficient (Wildman–Crippen LogP) is 1.85. The summed E-state index contributed by atoms with van der Waals surface area (Å²) in [6.45, 7) is 1.74. The van der Waals surface area contributed by atoms with Gasteiger partial charge in [-0.3, -0.25) is 14.9 Å². The van der Waals surface area contributed by atoms with Crippen molar-refractivity contribution in [2.45, 2.75) is 44.7 Å². The quantitative estimate of drug-likeness (QED) is 0.632. The normalized spacial score (nSPS) is 16.6. The molecule has 1 aromatic rings. The Morgan fingerprint density at radius 1 is 1.45 bits per heavy atom. The second-order valence-corrected chi connectivity index (χ2v) is 5.01. The predicted molar refractivity (Wildman–Crippen MR) is 74.4 cm³/mol. The van der Waals surface area contributed by atoms with E-state index in [9.17, 15) is 14.9 Å². The number of hydrogen-bond acceptors (Lipinski definition) is 5. The molecular formula is C13H18N4O3. The van der Waals surface area contributed by atoms with Crippen molar-refractivity contribution >= 4 is 17.4 Å². The molecule has 0 aromatic carbocycles. The highest BCUT2D eigenvalue weighted by atomic mass is 16.6. The average Bonchev–Trinajstić information content (AvgIpc) is 2.92. The van der Waals surface area contributed by atoms with E-state index in [0.29, 0.717) is 5.82 Å². The molecule has 0 bridgehead atoms. The third-order valence-electron chi connectivity index (χ3n) is 3.42. The molecule has 1 aliphatic rings. The molecule has 7 nitrogen and oxygen atoms in total. The molecule has 2 rings (SSSR count). The second kappa shape index (κ2) is 6.31. The van der Waals surface area contributed by atoms with Gasteiger partial charge in [0.25, 0.3) is 5.69 Å². The van der Waals surface area contributed by atoms with Gasteiger partial charge in [0.05, 0.1) is 4.92 Å². The van der Waals surface area contributed by atoms with Crippen molar-refractivity contribution in [2.75, 3.05) is 5.32 Å². The van der Waals surface area contributed by atoms with Crippen LogP contribution in [0.25, 0.3) is 0 Å². The van der Waals surface area contributed by atoms with Gasteiger partial charge in [0, 0.05) is 12.1 Å². The lowest BCUT2D eigenvalue weighted by molar-refractivity contribution is -0.385. The topological polar surface area (TPSA) is 97.2 Å². The summed E-state index contributed by atoms with van der Waals surface area (Å²) in [7, 11) is 0. The Labute approximate surface area is 116 Å². The Kier molecular flexibility index (Phi) is 4.49. The van der Waals surface area contributed by atoms with Gasteiger partial charge in [-0.1, -0.05) is 12.8 Å². The molecule has 1 amide bonds. The summed E-state index contributed by atoms with van der Waals surface area (Å²) < 4.78 is 0. The second-order valence-electron chi connectivity index (χ2n) is 5.01. The summed E-state index contributed by atoms with van der Waals surface area (Å²) >= 11 is 0. The van der Waals surface area contributed by atoms with Crippen LogP contribution in [0.2, 0.25) is 0 Å². The number of nitrogens with zero attached hydrogens (tertiary/aromatic N) is 2. The summed E-state index contributed by atoms with van der Waals surface area (Å²) in [6, 6.07) is 2.70. The van der Waals surface area contributed by atoms with E-state index in [4.69, 9.17) is 0 Å². The molecular weight excluding hydrogens is 260 g/mol. The van der Waals surface area contributed by atoms with E-state index in [2.05, 4.69) is 15.6 Å². The molecule has 1 saturated carbocycles. The summed E-state index contributed by atoms with van der Waals surface area (Å²) in [5, 5.41) is 16.4. The first-order valence-corrected chi connectivity index (χ1v) is 6.73. The van der Waals surface area contributed by atoms with E-state index in [1.54, 1.807) is 6.92 Å². The first-order valence-electron chi connectivity index (χ1n) is 6.73. The molecule has 0 aliphatic heterocycles. The maximum atomic E-state index is 12.0. The van der Waals surface area contributed by atoms with Gasteiger partial charge >= 0.3 is 0 Å². The van der Waals surface area contributed by atoms with Crippen molar-refractivity contribution < 1.29 is 9.72 Å². The van der Waals surface area contributed by atoms with Gasteiger partial charge in [0.15, 0.2) is 0 Å². The number of aromatic nitrogens is 1. The number of nitrogens with one attached hydrogen (secondary N) is 2. The number of pyridine rings is 1. The lowest BCUT2D eigenvalue weighted by Gasteiger charge is -2.18. The first-order chi connectivity index (χ1) is 9.56. The average molecular weight is 278 g/mol. The lowest BCUT2D eigenvalue weighted by Crippen LogP contribution is -2.42. The van der Waals surface area contributed by atoms with Crippen LogP contribution < -0.4 is 10.6 Å². The van der Waals surface area contributed by atoms with Crippen LogP contribution in [-0.4, -0.2) is 27.9 Å². The minimum absolute atomic E-state index is 0.0707. The van der Waals surface area contributed by atoms with Crippen LogP contribution in [0.1, 0.15) is 32.6 Å². The van der Waals surface area contributed by atoms with Crippen LogP contribution in [0.3, 0.4) is 0 Å². The van der Waals surface area contributed by atoms with Crippen LogP contribution in [0.15, 0.2) is 18.3 Å². The zero-order chi connectivity index (χ0) is 14.5. The van der Waals surface area contributed by atoms with Crippen molar-refractivity contribution in [2.24, 2.45) is 0 Å². The minimum atomic E-state index is -0.507. The smallest absolute Gasteiger partial charge is 0.287 e. The fraction of sp³-hybridized carbons (Fsp3) is 0.538. The third-order valence-corrected chi connectivity index (χ3v) is 3.42. The number of nitro groups is 1. The molecule has 0 saturated heterocycles. The Morgan fingerprint density at radius 3 is 2.70 bits per heavy atom. The minimum Gasteiger partial charge on any atom is -0.359 e. The zero-order valence-corrected chi connectivity index (χ0v) is 11.3. The van der Waals surface area contributed by atoms with Crippen molar-refractivity contribution in [1.82, 2.24) is 10.3 Å². The third kappa shape index (κ3) is 3.66. The maximum Gasteiger partial charge on any atom is 0.287 e. The van der Waals surface area contributed by atoms with Crippen molar-refractivity contribution in [3.8, 4) is 0 Å². The molecule has 7 heteroatoms. The molecule has 0 radical (unpaired) electrons. The van der Waals surface area contributed by atoms with E-state index >= 15 is 0 Å². The van der Waals surface area contributed by atoms with Crippen LogP contribution >= 0.6 is 0 Å². The van der Waals surface area contributed by atoms with Gasteiger partial charge < -0.3 is 10.6 Å². The summed E-state index contributed by atoms with van der Waals surface area (Å²) in [6.07, 6.45) is 5.57. The highest BCUT2D eigenvalue weighted by molar-refractivity contribution is 5.84. The highest BCUT2D eigenvalue weighted by Gasteiger charge is 2.20. The van der Waals surface area contributed by atoms with Gasteiger partial charge in [-0.25, -0.2) is 4.98 Å². The van der Waals surface area contributed by atoms with Crippen molar-refractivity contribution in [3.63, 3.8) is 0 Å². The van der Waals surface area contributed by atoms with Crippen LogP contribution in [0.5, 0.6) is 0 Å². The highest BCUT2D eigenvalue weighted by Crippen LogP contribution is 2.18. The molecule has 1 fully saturated rings. The molecule has 1 aliphatic carbocycles. The summed E-state index contributed by atoms with van der Waals surface area (Å²) in [4.78, 5) is 25.9. The van der Waals surface area contributed by atoms with Gasteiger partial charge in [0.1, 0.15) is 18.1 Å². The fourth-order valence-electron chi connectivity index (χ4n) is 2.26. The summed E-state index contributed by atoms with van der Waals surface area (Å²) in [5.41, 5.74) is -0.0707. The standard InChI is InChI=1S/C13H18N4O3/c1-9(13(18)16-10-4-2-3-5-10)15-12-7-6-11(8-14-12)17(19)20/h6-10H,2-5H2,1H3,(H,14,15)(H,16,18). The number of carbonyl (C=O) groups is 1. The van der Waals surface area contributed by atoms with Gasteiger partial charge in [-0.15, -0.1) is 0 Å². The van der Waals surface area contributed by atoms with Gasteiger partial charge in [-0.2, -0.15) is 0 Å². The van der Waals surface area contributed by atoms with Gasteiger partial charge in [0.2, 0.25) is 5.91 Å². The Morgan fingerprint density at radius 2 is 2.15 bits per heavy atom. The number of amides is 1. The number of anilines is 1. The number of rotatable bonds is 5. The Bertz CT molecular complexity index is 483. The van der Waals surface area contributed by atoms with E-state index < -0.39 is 11.0 Å². The van der Waals surface area contributed by atoms with Crippen molar-refractivity contribution in [3.05, 3.63) is 28.4 Å². The fourth-order valence-corrected chi connectivity index (χ4v) is 2.26. The lowest BCUT2D eigenvalue weighted by atomic mass is 10.2. The molecule has 1 atom stereocenters. The number of hydrogen-bond donors (Lipinski definition) is 2. The van der Waals surface area contributed by atoms with Crippen molar-refractivity contribution in [1.29, 1.82) is 0 Å². The molecule has 20 heavy (non-hydrogen) atoms. The molecule has 0 spiro atoms. The van der Waals surface area contributed by atoms with E-state index in [1.807, 2.05) is 0 Å². The van der Waals surface area contributed by atoms with Crippen LogP contribution in [0, 0.1) is 10.1 Å². The molecule has 1 unspecified atom stereocenters. The molecule has 108 valence electrons. The van der Waals surface area contributed by atoms with Gasteiger partial charge in [-0.05, 0) is 25.8 Å². The monoisotopic (exact) mass is 278 g/mol. The van der Waals surface area contributed by atoms with E-state index in [0.717, 1.165) is 25.7 Å². The Balaban J connectivity index is 1.87. The zero-order valence-electron chi connectivity index (χ0n) is 11.3. The van der Waals surface area contributed by atoms with E-state index in [1.165, 1.54) is 18.3 Å². The summed E-state index contributed by atoms with van der Waals surface area (Å²) in [5.74, 6) is 0.377. The first kappa shape index (κ1) is 14.2. The van der Waals surface area contributed by atoms with Crippen LogP contribution in [0.4, 0.5) is 11.5 Å². The maximum absolute atomic E-state index is 12.0. The van der Waals surface area contributed by atoms with Crippen LogP contribution in [-0.2, 0) is 4.79 Å². The Hall–Kier alpha value is -2.18.